The number of fused-ring (bicyclic) bond motifs is 2. The Hall–Kier alpha value is -2.30. The predicted molar refractivity (Wildman–Crippen MR) is 92.6 cm³/mol. The van der Waals surface area contributed by atoms with Crippen LogP contribution >= 0.6 is 0 Å². The third-order valence-electron chi connectivity index (χ3n) is 5.18. The molecule has 1 N–H and O–H groups in total. The normalized spacial score (nSPS) is 35.9. The molecule has 1 unspecified atom stereocenters. The summed E-state index contributed by atoms with van der Waals surface area (Å²) in [5.41, 5.74) is 2.99. The summed E-state index contributed by atoms with van der Waals surface area (Å²) in [6.45, 7) is 7.71. The lowest BCUT2D eigenvalue weighted by molar-refractivity contribution is -0.139. The lowest BCUT2D eigenvalue weighted by Crippen LogP contribution is -2.16. The first kappa shape index (κ1) is 17.5. The van der Waals surface area contributed by atoms with Crippen LogP contribution in [-0.4, -0.2) is 29.3 Å². The minimum absolute atomic E-state index is 0.0922. The largest absolute Gasteiger partial charge is 0.512 e. The lowest BCUT2D eigenvalue weighted by atomic mass is 9.88. The minimum atomic E-state index is -0.358. The van der Waals surface area contributed by atoms with E-state index in [0.717, 1.165) is 11.1 Å². The molecule has 1 fully saturated rings. The summed E-state index contributed by atoms with van der Waals surface area (Å²) in [6.07, 6.45) is 5.93. The van der Waals surface area contributed by atoms with Crippen LogP contribution in [0.2, 0.25) is 0 Å². The Labute approximate surface area is 147 Å². The number of ether oxygens (including phenoxy) is 2. The Bertz CT molecular complexity index is 710. The van der Waals surface area contributed by atoms with Gasteiger partial charge in [-0.2, -0.15) is 0 Å². The zero-order valence-electron chi connectivity index (χ0n) is 14.7. The highest BCUT2D eigenvalue weighted by molar-refractivity contribution is 5.91. The molecule has 1 aliphatic carbocycles. The van der Waals surface area contributed by atoms with E-state index < -0.39 is 0 Å². The summed E-state index contributed by atoms with van der Waals surface area (Å²) >= 11 is 0. The maximum Gasteiger partial charge on any atom is 0.334 e. The van der Waals surface area contributed by atoms with Gasteiger partial charge >= 0.3 is 11.9 Å². The van der Waals surface area contributed by atoms with Crippen molar-refractivity contribution in [2.75, 3.05) is 0 Å². The number of rotatable bonds is 0. The molecular formula is C20H24O5. The number of carbonyl (C=O) groups excluding carboxylic acids is 2. The fraction of sp³-hybridized carbons (Fsp3) is 0.500. The molecule has 0 aromatic rings. The summed E-state index contributed by atoms with van der Waals surface area (Å²) in [4.78, 5) is 23.9. The molecule has 2 heterocycles. The number of allylic oxidation sites excluding steroid dienone is 2. The molecule has 1 saturated heterocycles. The van der Waals surface area contributed by atoms with Crippen molar-refractivity contribution in [3.05, 3.63) is 46.8 Å². The highest BCUT2D eigenvalue weighted by atomic mass is 16.6. The maximum absolute atomic E-state index is 12.0. The molecule has 5 nitrogen and oxygen atoms in total. The van der Waals surface area contributed by atoms with Crippen molar-refractivity contribution < 1.29 is 24.2 Å². The van der Waals surface area contributed by atoms with Gasteiger partial charge in [0.1, 0.15) is 12.2 Å². The van der Waals surface area contributed by atoms with E-state index >= 15 is 0 Å². The van der Waals surface area contributed by atoms with Crippen LogP contribution in [0.3, 0.4) is 0 Å². The van der Waals surface area contributed by atoms with Crippen LogP contribution < -0.4 is 0 Å². The minimum Gasteiger partial charge on any atom is -0.512 e. The first-order valence-electron chi connectivity index (χ1n) is 8.71. The van der Waals surface area contributed by atoms with Crippen LogP contribution in [0.5, 0.6) is 0 Å². The van der Waals surface area contributed by atoms with Crippen LogP contribution in [0.4, 0.5) is 0 Å². The van der Waals surface area contributed by atoms with Gasteiger partial charge in [-0.1, -0.05) is 12.2 Å². The van der Waals surface area contributed by atoms with Crippen molar-refractivity contribution in [3.63, 3.8) is 0 Å². The highest BCUT2D eigenvalue weighted by Crippen LogP contribution is 2.34. The van der Waals surface area contributed by atoms with Gasteiger partial charge in [0, 0.05) is 29.9 Å². The number of hydrogen-bond donors (Lipinski definition) is 1. The van der Waals surface area contributed by atoms with Gasteiger partial charge in [0.15, 0.2) is 0 Å². The Morgan fingerprint density at radius 3 is 2.60 bits per heavy atom. The number of aliphatic hydroxyl groups is 1. The molecule has 3 atom stereocenters. The van der Waals surface area contributed by atoms with E-state index in [1.54, 1.807) is 0 Å². The van der Waals surface area contributed by atoms with Gasteiger partial charge in [0.05, 0.1) is 5.76 Å². The van der Waals surface area contributed by atoms with Gasteiger partial charge in [-0.05, 0) is 50.8 Å². The van der Waals surface area contributed by atoms with Crippen molar-refractivity contribution in [1.82, 2.24) is 0 Å². The average molecular weight is 344 g/mol. The molecule has 3 rings (SSSR count). The van der Waals surface area contributed by atoms with E-state index in [1.165, 1.54) is 0 Å². The molecule has 5 heteroatoms. The van der Waals surface area contributed by atoms with Crippen LogP contribution in [0.1, 0.15) is 46.0 Å². The van der Waals surface area contributed by atoms with Crippen molar-refractivity contribution in [2.45, 2.75) is 58.2 Å². The first-order chi connectivity index (χ1) is 11.8. The van der Waals surface area contributed by atoms with Crippen molar-refractivity contribution in [3.8, 4) is 0 Å². The quantitative estimate of drug-likeness (QED) is 0.412. The van der Waals surface area contributed by atoms with E-state index in [0.29, 0.717) is 49.0 Å². The predicted octanol–water partition coefficient (Wildman–Crippen LogP) is 3.68. The second-order valence-corrected chi connectivity index (χ2v) is 7.12. The number of esters is 2. The standard InChI is InChI=1S/C20H24O5/c1-11-8-15-10-14(20(23)24-15)5-7-17(21)12(2)4-6-16-13(3)19(22)25-18(16)9-11/h9-10,15-16,18,21H,3-8H2,1-2H3/b11-9+,17-12-/t15?,16-,18+/m1/s1. The average Bonchev–Trinajstić information content (AvgIpc) is 3.02. The van der Waals surface area contributed by atoms with Gasteiger partial charge < -0.3 is 14.6 Å². The second-order valence-electron chi connectivity index (χ2n) is 7.12. The van der Waals surface area contributed by atoms with Gasteiger partial charge in [-0.3, -0.25) is 0 Å². The molecular weight excluding hydrogens is 320 g/mol. The van der Waals surface area contributed by atoms with E-state index in [1.807, 2.05) is 26.0 Å². The molecule has 0 amide bonds. The molecule has 3 aliphatic rings. The van der Waals surface area contributed by atoms with E-state index in [2.05, 4.69) is 6.58 Å². The topological polar surface area (TPSA) is 72.8 Å². The Kier molecular flexibility index (Phi) is 4.84. The smallest absolute Gasteiger partial charge is 0.334 e. The van der Waals surface area contributed by atoms with Gasteiger partial charge in [0.25, 0.3) is 0 Å². The first-order valence-corrected chi connectivity index (χ1v) is 8.71. The SMILES string of the molecule is C=C1C(=O)O[C@H]2/C=C(\C)CC3C=C(CC/C(O)=C(\C)CC[C@H]12)C(=O)O3. The van der Waals surface area contributed by atoms with E-state index in [9.17, 15) is 14.7 Å². The van der Waals surface area contributed by atoms with Crippen LogP contribution in [0, 0.1) is 5.92 Å². The summed E-state index contributed by atoms with van der Waals surface area (Å²) < 4.78 is 10.8. The summed E-state index contributed by atoms with van der Waals surface area (Å²) in [5.74, 6) is -0.459. The molecule has 0 radical (unpaired) electrons. The van der Waals surface area contributed by atoms with Crippen LogP contribution in [-0.2, 0) is 19.1 Å². The van der Waals surface area contributed by atoms with Crippen molar-refractivity contribution >= 4 is 11.9 Å². The Morgan fingerprint density at radius 1 is 1.08 bits per heavy atom. The third-order valence-corrected chi connectivity index (χ3v) is 5.18. The molecule has 0 saturated carbocycles. The van der Waals surface area contributed by atoms with Crippen LogP contribution in [0.25, 0.3) is 0 Å². The summed E-state index contributed by atoms with van der Waals surface area (Å²) in [7, 11) is 0. The zero-order valence-corrected chi connectivity index (χ0v) is 14.7. The molecule has 0 spiro atoms. The third kappa shape index (κ3) is 3.70. The number of aliphatic hydroxyl groups excluding tert-OH is 1. The van der Waals surface area contributed by atoms with Crippen molar-refractivity contribution in [2.24, 2.45) is 5.92 Å². The van der Waals surface area contributed by atoms with Crippen LogP contribution in [0.15, 0.2) is 46.8 Å². The molecule has 134 valence electrons. The molecule has 2 aliphatic heterocycles. The molecule has 2 bridgehead atoms. The fourth-order valence-corrected chi connectivity index (χ4v) is 3.59. The molecule has 0 aromatic heterocycles. The van der Waals surface area contributed by atoms with Gasteiger partial charge in [0.2, 0.25) is 0 Å². The summed E-state index contributed by atoms with van der Waals surface area (Å²) in [5, 5.41) is 10.3. The van der Waals surface area contributed by atoms with Crippen molar-refractivity contribution in [1.29, 1.82) is 0 Å². The summed E-state index contributed by atoms with van der Waals surface area (Å²) in [6, 6.07) is 0. The Morgan fingerprint density at radius 2 is 1.84 bits per heavy atom. The monoisotopic (exact) mass is 344 g/mol. The number of hydrogen-bond acceptors (Lipinski definition) is 5. The van der Waals surface area contributed by atoms with E-state index in [-0.39, 0.29) is 30.1 Å². The second kappa shape index (κ2) is 6.90. The number of carbonyl (C=O) groups is 2. The van der Waals surface area contributed by atoms with Gasteiger partial charge in [-0.25, -0.2) is 9.59 Å². The zero-order chi connectivity index (χ0) is 18.1. The molecule has 25 heavy (non-hydrogen) atoms. The highest BCUT2D eigenvalue weighted by Gasteiger charge is 2.37. The van der Waals surface area contributed by atoms with E-state index in [4.69, 9.17) is 9.47 Å². The lowest BCUT2D eigenvalue weighted by Gasteiger charge is -2.17. The maximum atomic E-state index is 12.0. The van der Waals surface area contributed by atoms with Gasteiger partial charge in [-0.15, -0.1) is 0 Å². The fourth-order valence-electron chi connectivity index (χ4n) is 3.59. The Balaban J connectivity index is 1.90. The molecule has 0 aromatic carbocycles.